The maximum Gasteiger partial charge on any atom is 0.209 e. The van der Waals surface area contributed by atoms with Crippen LogP contribution in [0.15, 0.2) is 60.3 Å². The number of fused-ring (bicyclic) bond motifs is 2. The Bertz CT molecular complexity index is 1310. The van der Waals surface area contributed by atoms with Gasteiger partial charge >= 0.3 is 0 Å². The summed E-state index contributed by atoms with van der Waals surface area (Å²) in [5, 5.41) is 12.0. The highest BCUT2D eigenvalue weighted by molar-refractivity contribution is 6.16. The van der Waals surface area contributed by atoms with E-state index in [9.17, 15) is 9.90 Å². The second kappa shape index (κ2) is 6.66. The average Bonchev–Trinajstić information content (AvgIpc) is 3.17. The van der Waals surface area contributed by atoms with Gasteiger partial charge in [0.05, 0.1) is 24.5 Å². The number of aliphatic hydroxyl groups excluding tert-OH is 1. The molecule has 2 aromatic carbocycles. The van der Waals surface area contributed by atoms with Gasteiger partial charge in [-0.2, -0.15) is 4.58 Å². The van der Waals surface area contributed by atoms with Crippen LogP contribution in [0.4, 0.5) is 5.69 Å². The summed E-state index contributed by atoms with van der Waals surface area (Å²) in [6.45, 7) is 4.32. The van der Waals surface area contributed by atoms with Gasteiger partial charge in [0.1, 0.15) is 12.8 Å². The van der Waals surface area contributed by atoms with Gasteiger partial charge in [-0.15, -0.1) is 0 Å². The summed E-state index contributed by atoms with van der Waals surface area (Å²) in [4.78, 5) is 13.3. The highest BCUT2D eigenvalue weighted by Gasteiger charge is 2.49. The van der Waals surface area contributed by atoms with Gasteiger partial charge in [-0.05, 0) is 37.6 Å². The lowest BCUT2D eigenvalue weighted by molar-refractivity contribution is -0.401. The molecule has 158 valence electrons. The van der Waals surface area contributed by atoms with E-state index in [2.05, 4.69) is 30.6 Å². The molecule has 0 amide bonds. The molecule has 1 saturated carbocycles. The van der Waals surface area contributed by atoms with Crippen LogP contribution < -0.4 is 4.74 Å². The number of aromatic nitrogens is 1. The highest BCUT2D eigenvalue weighted by atomic mass is 16.5. The third kappa shape index (κ3) is 2.66. The Morgan fingerprint density at radius 1 is 1.19 bits per heavy atom. The molecule has 1 aliphatic heterocycles. The highest BCUT2D eigenvalue weighted by Crippen LogP contribution is 2.44. The zero-order valence-electron chi connectivity index (χ0n) is 18.5. The number of methoxy groups -OCH3 is 1. The molecule has 2 atom stereocenters. The molecule has 1 N–H and O–H groups in total. The van der Waals surface area contributed by atoms with Crippen molar-refractivity contribution in [2.24, 2.45) is 7.05 Å². The van der Waals surface area contributed by atoms with Crippen LogP contribution in [-0.2, 0) is 17.3 Å². The molecular formula is C26H27N2O3+. The number of ether oxygens (including phenoxy) is 1. The number of aliphatic hydroxyl groups is 1. The van der Waals surface area contributed by atoms with Crippen molar-refractivity contribution in [3.8, 4) is 5.75 Å². The van der Waals surface area contributed by atoms with Crippen molar-refractivity contribution in [3.63, 3.8) is 0 Å². The molecule has 0 spiro atoms. The molecule has 2 aliphatic rings. The predicted molar refractivity (Wildman–Crippen MR) is 122 cm³/mol. The Morgan fingerprint density at radius 3 is 2.61 bits per heavy atom. The monoisotopic (exact) mass is 415 g/mol. The van der Waals surface area contributed by atoms with Crippen LogP contribution in [0.5, 0.6) is 5.75 Å². The van der Waals surface area contributed by atoms with E-state index in [0.29, 0.717) is 5.57 Å². The number of nitrogens with zero attached hydrogens (tertiary/aromatic N) is 2. The lowest BCUT2D eigenvalue weighted by Gasteiger charge is -2.34. The van der Waals surface area contributed by atoms with E-state index in [1.165, 1.54) is 5.56 Å². The number of rotatable bonds is 3. The maximum atomic E-state index is 13.3. The normalized spacial score (nSPS) is 23.4. The van der Waals surface area contributed by atoms with Gasteiger partial charge in [-0.3, -0.25) is 4.79 Å². The Balaban J connectivity index is 1.54. The molecule has 1 fully saturated rings. The van der Waals surface area contributed by atoms with Gasteiger partial charge in [0.25, 0.3) is 0 Å². The van der Waals surface area contributed by atoms with Crippen LogP contribution in [0.3, 0.4) is 0 Å². The van der Waals surface area contributed by atoms with Crippen LogP contribution in [0.2, 0.25) is 0 Å². The zero-order valence-corrected chi connectivity index (χ0v) is 18.5. The minimum Gasteiger partial charge on any atom is -0.497 e. The van der Waals surface area contributed by atoms with Crippen molar-refractivity contribution in [1.29, 1.82) is 0 Å². The second-order valence-electron chi connectivity index (χ2n) is 9.05. The van der Waals surface area contributed by atoms with E-state index in [0.717, 1.165) is 33.6 Å². The third-order valence-corrected chi connectivity index (χ3v) is 7.00. The molecule has 1 aromatic heterocycles. The van der Waals surface area contributed by atoms with Crippen LogP contribution in [0, 0.1) is 0 Å². The summed E-state index contributed by atoms with van der Waals surface area (Å²) in [5.74, 6) is 0.162. The summed E-state index contributed by atoms with van der Waals surface area (Å²) in [6, 6.07) is 14.1. The Labute approximate surface area is 181 Å². The van der Waals surface area contributed by atoms with Gasteiger partial charge in [0.15, 0.2) is 11.5 Å². The molecule has 1 aliphatic carbocycles. The van der Waals surface area contributed by atoms with Gasteiger partial charge in [-0.25, -0.2) is 0 Å². The van der Waals surface area contributed by atoms with Crippen molar-refractivity contribution in [1.82, 2.24) is 4.57 Å². The fourth-order valence-electron chi connectivity index (χ4n) is 5.20. The van der Waals surface area contributed by atoms with E-state index in [1.54, 1.807) is 7.11 Å². The van der Waals surface area contributed by atoms with Gasteiger partial charge in [0, 0.05) is 47.4 Å². The largest absolute Gasteiger partial charge is 0.497 e. The molecule has 2 unspecified atom stereocenters. The van der Waals surface area contributed by atoms with Crippen molar-refractivity contribution >= 4 is 28.1 Å². The first-order valence-corrected chi connectivity index (χ1v) is 10.5. The molecule has 31 heavy (non-hydrogen) atoms. The Morgan fingerprint density at radius 2 is 1.94 bits per heavy atom. The van der Waals surface area contributed by atoms with Gasteiger partial charge in [-0.1, -0.05) is 18.2 Å². The average molecular weight is 416 g/mol. The lowest BCUT2D eigenvalue weighted by Crippen LogP contribution is -2.44. The lowest BCUT2D eigenvalue weighted by atomic mass is 9.69. The molecule has 0 bridgehead atoms. The first-order chi connectivity index (χ1) is 14.8. The van der Waals surface area contributed by atoms with E-state index < -0.39 is 12.0 Å². The van der Waals surface area contributed by atoms with Gasteiger partial charge in [0.2, 0.25) is 5.69 Å². The van der Waals surface area contributed by atoms with E-state index in [1.807, 2.05) is 61.3 Å². The van der Waals surface area contributed by atoms with Crippen molar-refractivity contribution < 1.29 is 19.2 Å². The quantitative estimate of drug-likeness (QED) is 0.522. The Hall–Kier alpha value is -3.18. The number of para-hydroxylation sites is 1. The summed E-state index contributed by atoms with van der Waals surface area (Å²) in [6.07, 6.45) is 3.01. The number of allylic oxidation sites excluding steroid dienone is 1. The Kier molecular flexibility index (Phi) is 4.25. The smallest absolute Gasteiger partial charge is 0.209 e. The third-order valence-electron chi connectivity index (χ3n) is 7.00. The number of Topliss-reactive ketones (excluding diaryl/α,β-unsaturated/α-hetero) is 1. The maximum absolute atomic E-state index is 13.3. The molecule has 5 heteroatoms. The molecule has 3 aromatic rings. The first-order valence-electron chi connectivity index (χ1n) is 10.5. The molecule has 0 radical (unpaired) electrons. The predicted octanol–water partition coefficient (Wildman–Crippen LogP) is 3.85. The summed E-state index contributed by atoms with van der Waals surface area (Å²) in [7, 11) is 5.60. The van der Waals surface area contributed by atoms with Gasteiger partial charge < -0.3 is 14.4 Å². The minimum absolute atomic E-state index is 0.0181. The molecular weight excluding hydrogens is 388 g/mol. The number of ketones is 1. The van der Waals surface area contributed by atoms with E-state index in [-0.39, 0.29) is 11.2 Å². The van der Waals surface area contributed by atoms with Crippen molar-refractivity contribution in [2.75, 3.05) is 14.2 Å². The molecule has 0 saturated heterocycles. The summed E-state index contributed by atoms with van der Waals surface area (Å²) in [5.41, 5.74) is 5.48. The number of carbonyl (C=O) groups excluding carboxylic acids is 1. The SMILES string of the molecule is COc1ccc2c(c1)c(C1C(=O)C(=CC3=[N+](C)c4ccccc4C3(C)C)C1O)cn2C. The molecule has 2 heterocycles. The van der Waals surface area contributed by atoms with Crippen molar-refractivity contribution in [2.45, 2.75) is 31.3 Å². The number of carbonyl (C=O) groups is 1. The second-order valence-corrected chi connectivity index (χ2v) is 9.05. The number of hydrogen-bond donors (Lipinski definition) is 1. The fraction of sp³-hybridized carbons (Fsp3) is 0.308. The molecule has 5 rings (SSSR count). The molecule has 5 nitrogen and oxygen atoms in total. The standard InChI is InChI=1S/C26H27N2O3/c1-26(2)19-8-6-7-9-21(19)28(4)22(26)13-17-24(29)23(25(17)30)18-14-27(3)20-11-10-15(31-5)12-16(18)20/h6-14,23-24,29H,1-5H3/q+1. The van der Waals surface area contributed by atoms with Crippen LogP contribution in [-0.4, -0.2) is 46.0 Å². The van der Waals surface area contributed by atoms with Crippen molar-refractivity contribution in [3.05, 3.63) is 71.4 Å². The minimum atomic E-state index is -0.829. The fourth-order valence-corrected chi connectivity index (χ4v) is 5.20. The topological polar surface area (TPSA) is 54.5 Å². The number of benzene rings is 2. The van der Waals surface area contributed by atoms with E-state index in [4.69, 9.17) is 4.74 Å². The number of aryl methyl sites for hydroxylation is 1. The van der Waals surface area contributed by atoms with Crippen LogP contribution in [0.25, 0.3) is 10.9 Å². The van der Waals surface area contributed by atoms with Crippen LogP contribution >= 0.6 is 0 Å². The summed E-state index contributed by atoms with van der Waals surface area (Å²) < 4.78 is 9.48. The zero-order chi connectivity index (χ0) is 22.1. The van der Waals surface area contributed by atoms with Crippen LogP contribution in [0.1, 0.15) is 30.9 Å². The first kappa shape index (κ1) is 19.8. The number of hydrogen-bond acceptors (Lipinski definition) is 3. The summed E-state index contributed by atoms with van der Waals surface area (Å²) >= 11 is 0. The van der Waals surface area contributed by atoms with E-state index >= 15 is 0 Å².